The van der Waals surface area contributed by atoms with Gasteiger partial charge in [-0.3, -0.25) is 5.41 Å². The molecule has 0 unspecified atom stereocenters. The lowest BCUT2D eigenvalue weighted by molar-refractivity contribution is 0.819. The Morgan fingerprint density at radius 2 is 2.00 bits per heavy atom. The molecule has 0 aliphatic carbocycles. The molecule has 0 aromatic carbocycles. The third kappa shape index (κ3) is 124. The van der Waals surface area contributed by atoms with Crippen molar-refractivity contribution in [2.45, 2.75) is 0 Å². The Hall–Kier alpha value is -0.110. The molecule has 0 heterocycles. The van der Waals surface area contributed by atoms with Gasteiger partial charge in [-0.05, 0) is 11.6 Å². The van der Waals surface area contributed by atoms with E-state index in [0.29, 0.717) is 0 Å². The molecule has 0 aliphatic rings. The van der Waals surface area contributed by atoms with Crippen molar-refractivity contribution in [1.29, 1.82) is 5.41 Å². The summed E-state index contributed by atoms with van der Waals surface area (Å²) in [4.78, 5) is 0. The van der Waals surface area contributed by atoms with Crippen LogP contribution in [0.25, 0.3) is 0 Å². The lowest BCUT2D eigenvalue weighted by Crippen LogP contribution is -1.54. The second-order valence-electron chi connectivity index (χ2n) is 0.260. The smallest absolute Gasteiger partial charge is 0.263 e. The van der Waals surface area contributed by atoms with E-state index < -0.39 is 5.42 Å². The van der Waals surface area contributed by atoms with Gasteiger partial charge in [0.25, 0.3) is 5.42 Å². The molecule has 0 aromatic heterocycles. The fourth-order valence-electron chi connectivity index (χ4n) is 0. The monoisotopic (exact) mass is 81.0 g/mol. The van der Waals surface area contributed by atoms with Gasteiger partial charge in [-0.25, -0.2) is 0 Å². The van der Waals surface area contributed by atoms with Gasteiger partial charge in [-0.2, -0.15) is 4.39 Å². The highest BCUT2D eigenvalue weighted by molar-refractivity contribution is 6.61. The van der Waals surface area contributed by atoms with E-state index in [4.69, 9.17) is 5.41 Å². The van der Waals surface area contributed by atoms with Gasteiger partial charge in [0.2, 0.25) is 0 Å². The zero-order chi connectivity index (χ0) is 3.58. The molecule has 0 atom stereocenters. The Morgan fingerprint density at radius 1 is 2.00 bits per heavy atom. The van der Waals surface area contributed by atoms with Gasteiger partial charge in [0.05, 0.1) is 0 Å². The largest absolute Gasteiger partial charge is 0.274 e. The summed E-state index contributed by atoms with van der Waals surface area (Å²) in [6, 6.07) is 0. The molecule has 0 bridgehead atoms. The van der Waals surface area contributed by atoms with Crippen LogP contribution >= 0.6 is 11.6 Å². The molecule has 0 saturated heterocycles. The number of nitrogens with one attached hydrogen (secondary N) is 1. The summed E-state index contributed by atoms with van der Waals surface area (Å²) < 4.78 is 10.3. The van der Waals surface area contributed by atoms with Crippen LogP contribution in [0.2, 0.25) is 0 Å². The van der Waals surface area contributed by atoms with Crippen molar-refractivity contribution >= 4 is 17.0 Å². The van der Waals surface area contributed by atoms with Crippen LogP contribution in [0.1, 0.15) is 0 Å². The zero-order valence-corrected chi connectivity index (χ0v) is 2.51. The minimum absolute atomic E-state index is 1.36. The van der Waals surface area contributed by atoms with Gasteiger partial charge in [0, 0.05) is 0 Å². The molecule has 1 nitrogen and oxygen atoms in total. The minimum Gasteiger partial charge on any atom is -0.263 e. The molecule has 0 rings (SSSR count). The topological polar surface area (TPSA) is 23.9 Å². The van der Waals surface area contributed by atoms with Crippen molar-refractivity contribution in [3.63, 3.8) is 0 Å². The third-order valence-corrected chi connectivity index (χ3v) is 0. The first kappa shape index (κ1) is 3.89. The van der Waals surface area contributed by atoms with Crippen LogP contribution in [-0.4, -0.2) is 5.42 Å². The number of hydrogen-bond acceptors (Lipinski definition) is 1. The predicted molar refractivity (Wildman–Crippen MR) is 14.7 cm³/mol. The molecular weight excluding hydrogens is 80.5 g/mol. The molecule has 4 heavy (non-hydrogen) atoms. The highest BCUT2D eigenvalue weighted by Gasteiger charge is 1.67. The molecular formula is CHClFN. The van der Waals surface area contributed by atoms with Crippen molar-refractivity contribution in [3.05, 3.63) is 0 Å². The first-order valence-corrected chi connectivity index (χ1v) is 1.01. The lowest BCUT2D eigenvalue weighted by Gasteiger charge is -1.53. The van der Waals surface area contributed by atoms with Crippen molar-refractivity contribution in [2.75, 3.05) is 0 Å². The average molecular weight is 81.5 g/mol. The van der Waals surface area contributed by atoms with E-state index in [1.807, 2.05) is 0 Å². The SMILES string of the molecule is N=C(F)Cl. The van der Waals surface area contributed by atoms with Gasteiger partial charge in [0.15, 0.2) is 0 Å². The molecule has 0 aliphatic heterocycles. The molecule has 3 heteroatoms. The maximum atomic E-state index is 10.3. The quantitative estimate of drug-likeness (QED) is 0.423. The van der Waals surface area contributed by atoms with Crippen molar-refractivity contribution in [3.8, 4) is 0 Å². The van der Waals surface area contributed by atoms with Crippen molar-refractivity contribution < 1.29 is 4.39 Å². The number of hydrogen-bond donors (Lipinski definition) is 1. The maximum absolute atomic E-state index is 10.3. The van der Waals surface area contributed by atoms with E-state index in [-0.39, 0.29) is 0 Å². The summed E-state index contributed by atoms with van der Waals surface area (Å²) >= 11 is 4.19. The van der Waals surface area contributed by atoms with Crippen molar-refractivity contribution in [1.82, 2.24) is 0 Å². The molecule has 0 amide bonds. The predicted octanol–water partition coefficient (Wildman–Crippen LogP) is 1.13. The third-order valence-electron chi connectivity index (χ3n) is 0. The average Bonchev–Trinajstić information content (AvgIpc) is 0.811. The maximum Gasteiger partial charge on any atom is 0.274 e. The second-order valence-corrected chi connectivity index (χ2v) is 0.592. The molecule has 0 aromatic rings. The van der Waals surface area contributed by atoms with Crippen molar-refractivity contribution in [2.24, 2.45) is 0 Å². The summed E-state index contributed by atoms with van der Waals surface area (Å²) in [5.74, 6) is 0. The van der Waals surface area contributed by atoms with Gasteiger partial charge in [-0.15, -0.1) is 0 Å². The standard InChI is InChI=1S/CHClFN/c2-1(3)4/h4H. The molecule has 0 spiro atoms. The number of halogens is 2. The molecule has 0 saturated carbocycles. The van der Waals surface area contributed by atoms with E-state index >= 15 is 0 Å². The van der Waals surface area contributed by atoms with Crippen LogP contribution in [0, 0.1) is 5.41 Å². The summed E-state index contributed by atoms with van der Waals surface area (Å²) in [6.45, 7) is 0. The molecule has 1 N–H and O–H groups in total. The van der Waals surface area contributed by atoms with Crippen LogP contribution in [0.3, 0.4) is 0 Å². The van der Waals surface area contributed by atoms with E-state index in [0.717, 1.165) is 0 Å². The summed E-state index contributed by atoms with van der Waals surface area (Å²) in [6.07, 6.45) is 0. The molecule has 0 fully saturated rings. The van der Waals surface area contributed by atoms with Gasteiger partial charge in [0.1, 0.15) is 0 Å². The summed E-state index contributed by atoms with van der Waals surface area (Å²) in [5, 5.41) is 5.60. The minimum atomic E-state index is -1.36. The van der Waals surface area contributed by atoms with E-state index in [1.54, 1.807) is 0 Å². The van der Waals surface area contributed by atoms with E-state index in [1.165, 1.54) is 0 Å². The van der Waals surface area contributed by atoms with Gasteiger partial charge >= 0.3 is 0 Å². The van der Waals surface area contributed by atoms with Gasteiger partial charge < -0.3 is 0 Å². The summed E-state index contributed by atoms with van der Waals surface area (Å²) in [5.41, 5.74) is -1.36. The van der Waals surface area contributed by atoms with Crippen LogP contribution in [0.5, 0.6) is 0 Å². The Kier molecular flexibility index (Phi) is 1.20. The normalized spacial score (nSPS) is 6.50. The van der Waals surface area contributed by atoms with E-state index in [2.05, 4.69) is 11.6 Å². The zero-order valence-electron chi connectivity index (χ0n) is 1.76. The fraction of sp³-hybridized carbons (Fsp3) is 0. The Labute approximate surface area is 27.9 Å². The number of rotatable bonds is 0. The fourth-order valence-corrected chi connectivity index (χ4v) is 0. The Morgan fingerprint density at radius 3 is 2.00 bits per heavy atom. The first-order valence-electron chi connectivity index (χ1n) is 0.628. The molecule has 0 radical (unpaired) electrons. The van der Waals surface area contributed by atoms with Crippen LogP contribution < -0.4 is 0 Å². The highest BCUT2D eigenvalue weighted by Crippen LogP contribution is 1.74. The first-order chi connectivity index (χ1) is 1.73. The molecule has 24 valence electrons. The van der Waals surface area contributed by atoms with Crippen LogP contribution in [-0.2, 0) is 0 Å². The second kappa shape index (κ2) is 1.24. The Bertz CT molecular complexity index is 31.0. The van der Waals surface area contributed by atoms with Crippen LogP contribution in [0.4, 0.5) is 4.39 Å². The summed E-state index contributed by atoms with van der Waals surface area (Å²) in [7, 11) is 0. The van der Waals surface area contributed by atoms with Gasteiger partial charge in [-0.1, -0.05) is 0 Å². The van der Waals surface area contributed by atoms with E-state index in [9.17, 15) is 4.39 Å². The lowest BCUT2D eigenvalue weighted by atomic mass is 11.6. The Balaban J connectivity index is 2.80. The highest BCUT2D eigenvalue weighted by atomic mass is 35.5. The van der Waals surface area contributed by atoms with Crippen LogP contribution in [0.15, 0.2) is 0 Å².